The number of amides is 2. The first-order valence-corrected chi connectivity index (χ1v) is 13.6. The summed E-state index contributed by atoms with van der Waals surface area (Å²) in [4.78, 5) is 39.7. The maximum atomic E-state index is 13.7. The summed E-state index contributed by atoms with van der Waals surface area (Å²) in [6.45, 7) is 3.95. The van der Waals surface area contributed by atoms with Crippen molar-refractivity contribution in [2.45, 2.75) is 70.9 Å². The summed E-state index contributed by atoms with van der Waals surface area (Å²) in [7, 11) is 0. The fourth-order valence-electron chi connectivity index (χ4n) is 4.99. The molecule has 1 saturated carbocycles. The van der Waals surface area contributed by atoms with Crippen LogP contribution in [0.3, 0.4) is 0 Å². The van der Waals surface area contributed by atoms with E-state index in [1.54, 1.807) is 5.48 Å². The van der Waals surface area contributed by atoms with Gasteiger partial charge in [-0.15, -0.1) is 0 Å². The number of ether oxygens (including phenoxy) is 1. The number of allylic oxidation sites excluding steroid dienone is 1. The van der Waals surface area contributed by atoms with Crippen LogP contribution in [0.25, 0.3) is 6.08 Å². The predicted octanol–water partition coefficient (Wildman–Crippen LogP) is 5.09. The highest BCUT2D eigenvalue weighted by atomic mass is 16.5. The number of hydrogen-bond donors (Lipinski definition) is 3. The molecular weight excluding hydrogens is 480 g/mol. The molecule has 0 unspecified atom stereocenters. The van der Waals surface area contributed by atoms with Crippen LogP contribution in [0, 0.1) is 17.8 Å². The van der Waals surface area contributed by atoms with Gasteiger partial charge in [0.2, 0.25) is 11.8 Å². The zero-order valence-electron chi connectivity index (χ0n) is 22.3. The Hall–Kier alpha value is -3.45. The third-order valence-electron chi connectivity index (χ3n) is 6.96. The van der Waals surface area contributed by atoms with Crippen molar-refractivity contribution < 1.29 is 24.3 Å². The maximum absolute atomic E-state index is 13.7. The van der Waals surface area contributed by atoms with Gasteiger partial charge < -0.3 is 10.1 Å². The van der Waals surface area contributed by atoms with E-state index in [1.165, 1.54) is 0 Å². The molecule has 7 heteroatoms. The van der Waals surface area contributed by atoms with E-state index >= 15 is 0 Å². The lowest BCUT2D eigenvalue weighted by molar-refractivity contribution is -0.153. The number of nitrogens with one attached hydrogen (secondary N) is 2. The van der Waals surface area contributed by atoms with E-state index in [1.807, 2.05) is 86.7 Å². The van der Waals surface area contributed by atoms with Crippen molar-refractivity contribution in [1.82, 2.24) is 10.8 Å². The minimum atomic E-state index is -0.877. The summed E-state index contributed by atoms with van der Waals surface area (Å²) >= 11 is 0. The molecule has 3 rings (SSSR count). The molecule has 7 nitrogen and oxygen atoms in total. The average Bonchev–Trinajstić information content (AvgIpc) is 3.43. The molecule has 1 fully saturated rings. The third kappa shape index (κ3) is 9.14. The lowest BCUT2D eigenvalue weighted by Gasteiger charge is -2.28. The molecule has 2 amide bonds. The maximum Gasteiger partial charge on any atom is 0.329 e. The summed E-state index contributed by atoms with van der Waals surface area (Å²) in [5, 5.41) is 12.4. The van der Waals surface area contributed by atoms with E-state index in [0.717, 1.165) is 36.8 Å². The molecule has 3 N–H and O–H groups in total. The van der Waals surface area contributed by atoms with Crippen molar-refractivity contribution in [1.29, 1.82) is 0 Å². The first-order valence-electron chi connectivity index (χ1n) is 13.6. The number of benzene rings is 2. The van der Waals surface area contributed by atoms with Crippen LogP contribution < -0.4 is 10.8 Å². The van der Waals surface area contributed by atoms with Gasteiger partial charge in [-0.25, -0.2) is 10.3 Å². The Morgan fingerprint density at radius 2 is 1.58 bits per heavy atom. The third-order valence-corrected chi connectivity index (χ3v) is 6.96. The molecule has 38 heavy (non-hydrogen) atoms. The first-order chi connectivity index (χ1) is 18.4. The molecule has 0 saturated heterocycles. The van der Waals surface area contributed by atoms with Gasteiger partial charge in [-0.3, -0.25) is 14.8 Å². The van der Waals surface area contributed by atoms with Gasteiger partial charge in [0, 0.05) is 6.42 Å². The number of rotatable bonds is 13. The van der Waals surface area contributed by atoms with Gasteiger partial charge in [0.25, 0.3) is 0 Å². The fourth-order valence-corrected chi connectivity index (χ4v) is 4.99. The second-order valence-electron chi connectivity index (χ2n) is 10.5. The Balaban J connectivity index is 1.81. The number of carbonyl (C=O) groups is 3. The van der Waals surface area contributed by atoms with Crippen LogP contribution in [0.2, 0.25) is 0 Å². The highest BCUT2D eigenvalue weighted by molar-refractivity contribution is 5.90. The molecule has 0 spiro atoms. The van der Waals surface area contributed by atoms with E-state index in [-0.39, 0.29) is 24.9 Å². The highest BCUT2D eigenvalue weighted by Gasteiger charge is 2.36. The number of esters is 1. The number of hydroxylamine groups is 1. The SMILES string of the molecule is CC(C)C[C@@H](C(=O)N[C@@H](Cc1ccccc1)C(=O)OC1CCCC1)[C@H](CC=Cc1ccccc1)C(=O)NO. The summed E-state index contributed by atoms with van der Waals surface area (Å²) < 4.78 is 5.77. The first kappa shape index (κ1) is 29.1. The van der Waals surface area contributed by atoms with Crippen LogP contribution in [0.5, 0.6) is 0 Å². The molecule has 3 atom stereocenters. The Bertz CT molecular complexity index is 1050. The Morgan fingerprint density at radius 1 is 0.947 bits per heavy atom. The van der Waals surface area contributed by atoms with E-state index in [4.69, 9.17) is 4.74 Å². The Morgan fingerprint density at radius 3 is 2.18 bits per heavy atom. The highest BCUT2D eigenvalue weighted by Crippen LogP contribution is 2.26. The zero-order chi connectivity index (χ0) is 27.3. The monoisotopic (exact) mass is 520 g/mol. The largest absolute Gasteiger partial charge is 0.461 e. The van der Waals surface area contributed by atoms with E-state index in [2.05, 4.69) is 5.32 Å². The van der Waals surface area contributed by atoms with Gasteiger partial charge in [-0.2, -0.15) is 0 Å². The molecule has 2 aromatic carbocycles. The summed E-state index contributed by atoms with van der Waals surface area (Å²) in [5.41, 5.74) is 3.61. The van der Waals surface area contributed by atoms with Gasteiger partial charge in [0.05, 0.1) is 11.8 Å². The topological polar surface area (TPSA) is 105 Å². The van der Waals surface area contributed by atoms with Crippen molar-refractivity contribution in [3.05, 3.63) is 77.9 Å². The van der Waals surface area contributed by atoms with Gasteiger partial charge in [0.1, 0.15) is 12.1 Å². The van der Waals surface area contributed by atoms with Crippen molar-refractivity contribution in [2.24, 2.45) is 17.8 Å². The number of hydrogen-bond acceptors (Lipinski definition) is 5. The lowest BCUT2D eigenvalue weighted by Crippen LogP contribution is -2.49. The summed E-state index contributed by atoms with van der Waals surface area (Å²) in [6, 6.07) is 18.3. The standard InChI is InChI=1S/C31H40N2O5/c1-22(2)20-27(26(30(35)33-37)19-11-16-23-12-5-3-6-13-23)29(34)32-28(21-24-14-7-4-8-15-24)31(36)38-25-17-9-10-18-25/h3-8,11-16,22,25-28,37H,9-10,17-21H2,1-2H3,(H,32,34)(H,33,35)/t26-,27+,28-/m0/s1. The second kappa shape index (κ2) is 15.1. The summed E-state index contributed by atoms with van der Waals surface area (Å²) in [5.74, 6) is -2.94. The fraction of sp³-hybridized carbons (Fsp3) is 0.452. The van der Waals surface area contributed by atoms with Gasteiger partial charge in [-0.1, -0.05) is 86.7 Å². The molecule has 1 aliphatic carbocycles. The molecule has 0 aliphatic heterocycles. The van der Waals surface area contributed by atoms with Gasteiger partial charge >= 0.3 is 5.97 Å². The zero-order valence-corrected chi connectivity index (χ0v) is 22.3. The van der Waals surface area contributed by atoms with Crippen LogP contribution in [0.4, 0.5) is 0 Å². The van der Waals surface area contributed by atoms with Crippen molar-refractivity contribution >= 4 is 23.9 Å². The van der Waals surface area contributed by atoms with Crippen LogP contribution in [0.15, 0.2) is 66.7 Å². The van der Waals surface area contributed by atoms with Crippen LogP contribution in [-0.4, -0.2) is 35.1 Å². The predicted molar refractivity (Wildman–Crippen MR) is 147 cm³/mol. The van der Waals surface area contributed by atoms with E-state index in [9.17, 15) is 19.6 Å². The molecule has 204 valence electrons. The van der Waals surface area contributed by atoms with Crippen molar-refractivity contribution in [2.75, 3.05) is 0 Å². The van der Waals surface area contributed by atoms with Crippen molar-refractivity contribution in [3.63, 3.8) is 0 Å². The average molecular weight is 521 g/mol. The lowest BCUT2D eigenvalue weighted by atomic mass is 9.81. The van der Waals surface area contributed by atoms with Gasteiger partial charge in [0.15, 0.2) is 0 Å². The minimum absolute atomic E-state index is 0.107. The molecule has 0 radical (unpaired) electrons. The smallest absolute Gasteiger partial charge is 0.329 e. The quantitative estimate of drug-likeness (QED) is 0.194. The van der Waals surface area contributed by atoms with Crippen LogP contribution in [0.1, 0.15) is 63.5 Å². The molecule has 0 bridgehead atoms. The summed E-state index contributed by atoms with van der Waals surface area (Å²) in [6.07, 6.45) is 8.28. The molecule has 1 aliphatic rings. The molecule has 0 aromatic heterocycles. The van der Waals surface area contributed by atoms with Crippen molar-refractivity contribution in [3.8, 4) is 0 Å². The Kier molecular flexibility index (Phi) is 11.6. The number of carbonyl (C=O) groups excluding carboxylic acids is 3. The molecule has 0 heterocycles. The van der Waals surface area contributed by atoms with Crippen LogP contribution in [-0.2, 0) is 25.5 Å². The second-order valence-corrected chi connectivity index (χ2v) is 10.5. The van der Waals surface area contributed by atoms with E-state index < -0.39 is 35.7 Å². The van der Waals surface area contributed by atoms with Crippen LogP contribution >= 0.6 is 0 Å². The minimum Gasteiger partial charge on any atom is -0.461 e. The normalized spacial score (nSPS) is 16.2. The van der Waals surface area contributed by atoms with Gasteiger partial charge in [-0.05, 0) is 55.6 Å². The molecule has 2 aromatic rings. The Labute approximate surface area is 225 Å². The molecular formula is C31H40N2O5. The van der Waals surface area contributed by atoms with E-state index in [0.29, 0.717) is 6.42 Å².